The first kappa shape index (κ1) is 14.8. The van der Waals surface area contributed by atoms with Crippen molar-refractivity contribution in [1.29, 1.82) is 0 Å². The molecule has 3 aliphatic heterocycles. The zero-order valence-electron chi connectivity index (χ0n) is 11.5. The third-order valence-electron chi connectivity index (χ3n) is 3.87. The number of fused-ring (bicyclic) bond motifs is 1. The molecule has 3 aliphatic rings. The number of amides is 1. The van der Waals surface area contributed by atoms with Crippen LogP contribution in [0.25, 0.3) is 0 Å². The molecule has 1 amide bonds. The van der Waals surface area contributed by atoms with E-state index in [0.29, 0.717) is 31.1 Å². The van der Waals surface area contributed by atoms with Crippen molar-refractivity contribution in [3.8, 4) is 0 Å². The van der Waals surface area contributed by atoms with E-state index in [4.69, 9.17) is 9.47 Å². The predicted molar refractivity (Wildman–Crippen MR) is 73.2 cm³/mol. The van der Waals surface area contributed by atoms with Crippen LogP contribution in [0.1, 0.15) is 13.3 Å². The Morgan fingerprint density at radius 2 is 2.29 bits per heavy atom. The number of carboxylic acid groups (broad SMARTS) is 1. The van der Waals surface area contributed by atoms with Crippen molar-refractivity contribution in [3.63, 3.8) is 0 Å². The molecule has 0 aromatic rings. The van der Waals surface area contributed by atoms with Gasteiger partial charge in [-0.3, -0.25) is 9.69 Å². The molecule has 2 N–H and O–H groups in total. The number of rotatable bonds is 4. The first-order valence-electron chi connectivity index (χ1n) is 6.84. The highest BCUT2D eigenvalue weighted by atomic mass is 32.2. The number of hydrogen-bond donors (Lipinski definition) is 2. The minimum atomic E-state index is -1.12. The minimum Gasteiger partial charge on any atom is -0.477 e. The van der Waals surface area contributed by atoms with Crippen LogP contribution in [0.5, 0.6) is 0 Å². The maximum atomic E-state index is 12.0. The van der Waals surface area contributed by atoms with Crippen molar-refractivity contribution in [2.24, 2.45) is 5.92 Å². The molecule has 0 saturated carbocycles. The van der Waals surface area contributed by atoms with Crippen molar-refractivity contribution in [3.05, 3.63) is 10.6 Å². The summed E-state index contributed by atoms with van der Waals surface area (Å²) in [7, 11) is 0. The van der Waals surface area contributed by atoms with Crippen LogP contribution < -0.4 is 0 Å². The van der Waals surface area contributed by atoms with Crippen LogP contribution in [-0.4, -0.2) is 64.4 Å². The largest absolute Gasteiger partial charge is 0.477 e. The second-order valence-corrected chi connectivity index (χ2v) is 6.54. The van der Waals surface area contributed by atoms with Gasteiger partial charge in [-0.25, -0.2) is 4.79 Å². The van der Waals surface area contributed by atoms with Gasteiger partial charge in [-0.1, -0.05) is 0 Å². The zero-order chi connectivity index (χ0) is 15.1. The Labute approximate surface area is 125 Å². The number of nitrogens with zero attached hydrogens (tertiary/aromatic N) is 1. The second kappa shape index (κ2) is 5.60. The number of carbonyl (C=O) groups excluding carboxylic acids is 1. The third kappa shape index (κ3) is 2.46. The lowest BCUT2D eigenvalue weighted by molar-refractivity contribution is -0.156. The summed E-state index contributed by atoms with van der Waals surface area (Å²) in [5.74, 6) is -1.98. The normalized spacial score (nSPS) is 33.7. The summed E-state index contributed by atoms with van der Waals surface area (Å²) < 4.78 is 10.9. The Balaban J connectivity index is 1.79. The summed E-state index contributed by atoms with van der Waals surface area (Å²) >= 11 is 1.34. The van der Waals surface area contributed by atoms with E-state index in [2.05, 4.69) is 0 Å². The summed E-state index contributed by atoms with van der Waals surface area (Å²) in [6.45, 7) is 3.02. The third-order valence-corrected chi connectivity index (χ3v) is 5.26. The van der Waals surface area contributed by atoms with Gasteiger partial charge in [0.2, 0.25) is 5.91 Å². The average Bonchev–Trinajstić information content (AvgIpc) is 2.74. The summed E-state index contributed by atoms with van der Waals surface area (Å²) in [5.41, 5.74) is 0.0288. The van der Waals surface area contributed by atoms with Crippen LogP contribution in [0.2, 0.25) is 0 Å². The lowest BCUT2D eigenvalue weighted by Crippen LogP contribution is -2.60. The molecular formula is C13H17NO6S. The van der Waals surface area contributed by atoms with E-state index in [0.717, 1.165) is 0 Å². The number of aliphatic hydroxyl groups is 1. The number of carboxylic acids is 1. The van der Waals surface area contributed by atoms with Crippen molar-refractivity contribution >= 4 is 23.6 Å². The van der Waals surface area contributed by atoms with Gasteiger partial charge in [0.1, 0.15) is 11.1 Å². The number of ether oxygens (including phenoxy) is 2. The summed E-state index contributed by atoms with van der Waals surface area (Å²) in [6.07, 6.45) is -0.552. The second-order valence-electron chi connectivity index (χ2n) is 5.33. The lowest BCUT2D eigenvalue weighted by atomic mass is 9.92. The predicted octanol–water partition coefficient (Wildman–Crippen LogP) is 0.000200. The Morgan fingerprint density at radius 1 is 1.52 bits per heavy atom. The number of thioether (sulfide) groups is 1. The summed E-state index contributed by atoms with van der Waals surface area (Å²) in [6, 6.07) is 0. The molecule has 21 heavy (non-hydrogen) atoms. The smallest absolute Gasteiger partial charge is 0.353 e. The Kier molecular flexibility index (Phi) is 3.96. The quantitative estimate of drug-likeness (QED) is 0.705. The molecule has 0 aliphatic carbocycles. The molecule has 2 fully saturated rings. The van der Waals surface area contributed by atoms with Crippen LogP contribution >= 0.6 is 11.8 Å². The molecule has 8 heteroatoms. The molecule has 7 nitrogen and oxygen atoms in total. The fraction of sp³-hybridized carbons (Fsp3) is 0.692. The fourth-order valence-electron chi connectivity index (χ4n) is 2.86. The number of β-lactam (4-membered cyclic amide) rings is 1. The van der Waals surface area contributed by atoms with Crippen LogP contribution in [0.4, 0.5) is 0 Å². The van der Waals surface area contributed by atoms with E-state index in [1.165, 1.54) is 16.7 Å². The molecule has 0 aromatic heterocycles. The first-order chi connectivity index (χ1) is 10.0. The highest BCUT2D eigenvalue weighted by Gasteiger charge is 2.57. The van der Waals surface area contributed by atoms with E-state index < -0.39 is 18.0 Å². The lowest BCUT2D eigenvalue weighted by Gasteiger charge is -2.43. The molecule has 2 saturated heterocycles. The molecule has 4 atom stereocenters. The van der Waals surface area contributed by atoms with Gasteiger partial charge < -0.3 is 19.7 Å². The zero-order valence-corrected chi connectivity index (χ0v) is 12.3. The number of hydrogen-bond acceptors (Lipinski definition) is 6. The molecule has 3 heterocycles. The van der Waals surface area contributed by atoms with Crippen molar-refractivity contribution in [1.82, 2.24) is 4.90 Å². The first-order valence-corrected chi connectivity index (χ1v) is 7.72. The maximum Gasteiger partial charge on any atom is 0.353 e. The number of aliphatic carboxylic acids is 1. The minimum absolute atomic E-state index is 0.0288. The van der Waals surface area contributed by atoms with Crippen LogP contribution in [0.15, 0.2) is 10.6 Å². The van der Waals surface area contributed by atoms with Crippen LogP contribution in [0, 0.1) is 5.92 Å². The molecule has 0 bridgehead atoms. The molecule has 3 rings (SSSR count). The van der Waals surface area contributed by atoms with Gasteiger partial charge in [-0.15, -0.1) is 11.8 Å². The average molecular weight is 315 g/mol. The van der Waals surface area contributed by atoms with E-state index in [1.54, 1.807) is 6.92 Å². The molecule has 1 unspecified atom stereocenters. The van der Waals surface area contributed by atoms with Gasteiger partial charge in [0, 0.05) is 11.3 Å². The van der Waals surface area contributed by atoms with Crippen molar-refractivity contribution in [2.75, 3.05) is 19.8 Å². The number of aliphatic hydroxyl groups excluding tert-OH is 1. The molecule has 0 spiro atoms. The fourth-order valence-corrected chi connectivity index (χ4v) is 4.53. The van der Waals surface area contributed by atoms with E-state index >= 15 is 0 Å². The molecule has 116 valence electrons. The Morgan fingerprint density at radius 3 is 2.86 bits per heavy atom. The molecule has 0 radical (unpaired) electrons. The van der Waals surface area contributed by atoms with E-state index in [-0.39, 0.29) is 23.1 Å². The SMILES string of the molecule is C[C@@H](O)[C@H]1C(=O)N2C(C(=O)O)=C(CC3COCCO3)S[C@H]12. The number of carbonyl (C=O) groups is 2. The molecule has 0 aromatic carbocycles. The van der Waals surface area contributed by atoms with Gasteiger partial charge in [-0.2, -0.15) is 0 Å². The van der Waals surface area contributed by atoms with Gasteiger partial charge in [0.15, 0.2) is 0 Å². The van der Waals surface area contributed by atoms with Crippen molar-refractivity contribution < 1.29 is 29.3 Å². The standard InChI is InChI=1S/C13H17NO6S/c1-6(15)9-11(16)14-10(13(17)18)8(21-12(9)14)4-7-5-19-2-3-20-7/h6-7,9,12,15H,2-5H2,1H3,(H,17,18)/t6-,7?,9+,12-/m1/s1. The van der Waals surface area contributed by atoms with Crippen LogP contribution in [-0.2, 0) is 19.1 Å². The monoisotopic (exact) mass is 315 g/mol. The van der Waals surface area contributed by atoms with E-state index in [1.807, 2.05) is 0 Å². The Bertz CT molecular complexity index is 499. The van der Waals surface area contributed by atoms with Gasteiger partial charge in [-0.05, 0) is 6.92 Å². The van der Waals surface area contributed by atoms with E-state index in [9.17, 15) is 19.8 Å². The van der Waals surface area contributed by atoms with Crippen LogP contribution in [0.3, 0.4) is 0 Å². The highest BCUT2D eigenvalue weighted by Crippen LogP contribution is 2.51. The topological polar surface area (TPSA) is 96.3 Å². The van der Waals surface area contributed by atoms with Gasteiger partial charge in [0.25, 0.3) is 0 Å². The Hall–Kier alpha value is -1.09. The molecular weight excluding hydrogens is 298 g/mol. The summed E-state index contributed by atoms with van der Waals surface area (Å²) in [4.78, 5) is 25.4. The van der Waals surface area contributed by atoms with Gasteiger partial charge >= 0.3 is 5.97 Å². The van der Waals surface area contributed by atoms with Gasteiger partial charge in [0.05, 0.1) is 37.9 Å². The summed E-state index contributed by atoms with van der Waals surface area (Å²) in [5, 5.41) is 18.7. The highest BCUT2D eigenvalue weighted by molar-refractivity contribution is 8.04. The van der Waals surface area contributed by atoms with Crippen molar-refractivity contribution in [2.45, 2.75) is 30.9 Å². The maximum absolute atomic E-state index is 12.0.